The Labute approximate surface area is 399 Å². The Hall–Kier alpha value is -2.74. The van der Waals surface area contributed by atoms with E-state index in [2.05, 4.69) is 53.5 Å². The molecule has 0 radical (unpaired) electrons. The molecule has 8 unspecified atom stereocenters. The van der Waals surface area contributed by atoms with Gasteiger partial charge in [0, 0.05) is 37.1 Å². The minimum Gasteiger partial charge on any atom is -0.393 e. The third kappa shape index (κ3) is 21.7. The molecule has 0 aliphatic carbocycles. The van der Waals surface area contributed by atoms with E-state index in [1.54, 1.807) is 0 Å². The smallest absolute Gasteiger partial charge is 0.393 e. The van der Waals surface area contributed by atoms with Gasteiger partial charge >= 0.3 is 23.5 Å². The van der Waals surface area contributed by atoms with Crippen molar-refractivity contribution in [2.75, 3.05) is 37.8 Å². The molecule has 68 heavy (non-hydrogen) atoms. The van der Waals surface area contributed by atoms with Gasteiger partial charge in [-0.1, -0.05) is 83.2 Å². The molecule has 3 heterocycles. The second kappa shape index (κ2) is 28.9. The molecule has 388 valence electrons. The number of carbonyl (C=O) groups excluding carboxylic acids is 3. The Kier molecular flexibility index (Phi) is 25.4. The van der Waals surface area contributed by atoms with Crippen LogP contribution in [0.4, 0.5) is 5.82 Å². The largest absolute Gasteiger partial charge is 0.481 e. The number of fused-ring (bicyclic) bond motifs is 1. The number of ether oxygens (including phenoxy) is 1. The first-order chi connectivity index (χ1) is 31.9. The molecular weight excluding hydrogens is 979 g/mol. The first kappa shape index (κ1) is 59.6. The third-order valence-electron chi connectivity index (χ3n) is 10.5. The van der Waals surface area contributed by atoms with Gasteiger partial charge < -0.3 is 56.0 Å². The maximum Gasteiger partial charge on any atom is 0.481 e. The van der Waals surface area contributed by atoms with Crippen LogP contribution < -0.4 is 16.4 Å². The van der Waals surface area contributed by atoms with E-state index in [0.717, 1.165) is 86.8 Å². The highest BCUT2D eigenvalue weighted by atomic mass is 32.2. The number of phosphoric acid groups is 3. The SMILES string of the molecule is CCCCC/C=C/CCC(O)CCCCCCCC(=O)SCCNC(=O)CCNC(=O)C(O)C(C)(C)COP(=O)(O)OP(=O)(O)OCC1OC(n2cnc3c(N)ncnc32)C(O)C1OP(=O)(O)O. The van der Waals surface area contributed by atoms with E-state index in [4.69, 9.17) is 19.5 Å². The number of hydrogen-bond donors (Lipinski definition) is 10. The summed E-state index contributed by atoms with van der Waals surface area (Å²) in [6.07, 6.45) is 9.41. The van der Waals surface area contributed by atoms with Gasteiger partial charge in [0.2, 0.25) is 11.8 Å². The number of nitrogens with zero attached hydrogens (tertiary/aromatic N) is 4. The van der Waals surface area contributed by atoms with Gasteiger partial charge in [0.25, 0.3) is 0 Å². The maximum absolute atomic E-state index is 12.7. The highest BCUT2D eigenvalue weighted by Gasteiger charge is 2.50. The number of nitrogen functional groups attached to an aromatic ring is 1. The van der Waals surface area contributed by atoms with Crippen molar-refractivity contribution in [3.8, 4) is 0 Å². The monoisotopic (exact) mass is 1050 g/mol. The number of amides is 2. The molecule has 11 N–H and O–H groups in total. The summed E-state index contributed by atoms with van der Waals surface area (Å²) in [5, 5.41) is 36.8. The van der Waals surface area contributed by atoms with Gasteiger partial charge in [-0.25, -0.2) is 28.6 Å². The van der Waals surface area contributed by atoms with E-state index in [1.807, 2.05) is 0 Å². The predicted octanol–water partition coefficient (Wildman–Crippen LogP) is 3.67. The number of allylic oxidation sites excluding steroid dienone is 2. The molecular formula is C39H68N7O18P3S. The van der Waals surface area contributed by atoms with Crippen LogP contribution in [0.1, 0.15) is 117 Å². The number of aliphatic hydroxyl groups is 3. The van der Waals surface area contributed by atoms with E-state index in [0.29, 0.717) is 12.2 Å². The molecule has 2 aromatic heterocycles. The lowest BCUT2D eigenvalue weighted by molar-refractivity contribution is -0.137. The van der Waals surface area contributed by atoms with Crippen LogP contribution in [-0.4, -0.2) is 134 Å². The molecule has 8 atom stereocenters. The Morgan fingerprint density at radius 2 is 1.60 bits per heavy atom. The van der Waals surface area contributed by atoms with Crippen molar-refractivity contribution in [2.45, 2.75) is 147 Å². The molecule has 2 aromatic rings. The maximum atomic E-state index is 12.7. The Morgan fingerprint density at radius 3 is 2.32 bits per heavy atom. The van der Waals surface area contributed by atoms with Crippen LogP contribution in [0.25, 0.3) is 11.2 Å². The van der Waals surface area contributed by atoms with Crippen molar-refractivity contribution in [1.29, 1.82) is 0 Å². The Bertz CT molecular complexity index is 2080. The second-order valence-electron chi connectivity index (χ2n) is 16.8. The topological polar surface area (TPSA) is 384 Å². The van der Waals surface area contributed by atoms with Crippen molar-refractivity contribution >= 4 is 69.1 Å². The quantitative estimate of drug-likeness (QED) is 0.0271. The second-order valence-corrected chi connectivity index (χ2v) is 22.2. The number of carbonyl (C=O) groups is 3. The third-order valence-corrected chi connectivity index (χ3v) is 14.5. The minimum atomic E-state index is -5.58. The van der Waals surface area contributed by atoms with Crippen LogP contribution in [-0.2, 0) is 50.7 Å². The Balaban J connectivity index is 1.30. The van der Waals surface area contributed by atoms with Crippen molar-refractivity contribution < 1.29 is 85.6 Å². The van der Waals surface area contributed by atoms with Gasteiger partial charge in [0.1, 0.15) is 36.3 Å². The number of unbranched alkanes of at least 4 members (excludes halogenated alkanes) is 7. The lowest BCUT2D eigenvalue weighted by atomic mass is 9.87. The number of aliphatic hydroxyl groups excluding tert-OH is 3. The lowest BCUT2D eigenvalue weighted by Crippen LogP contribution is -2.46. The molecule has 1 aliphatic rings. The molecule has 0 bridgehead atoms. The van der Waals surface area contributed by atoms with Crippen molar-refractivity contribution in [3.05, 3.63) is 24.8 Å². The van der Waals surface area contributed by atoms with Crippen LogP contribution >= 0.6 is 35.2 Å². The number of thioether (sulfide) groups is 1. The van der Waals surface area contributed by atoms with E-state index < -0.39 is 84.6 Å². The van der Waals surface area contributed by atoms with Crippen LogP contribution in [0.2, 0.25) is 0 Å². The van der Waals surface area contributed by atoms with Gasteiger partial charge in [-0.2, -0.15) is 4.31 Å². The molecule has 2 amide bonds. The molecule has 0 aromatic carbocycles. The van der Waals surface area contributed by atoms with Crippen LogP contribution in [0.3, 0.4) is 0 Å². The molecule has 0 spiro atoms. The summed E-state index contributed by atoms with van der Waals surface area (Å²) < 4.78 is 62.4. The standard InChI is InChI=1S/C39H68N7O18P3S/c1-4-5-6-7-8-10-13-16-27(47)17-14-11-9-12-15-18-30(49)68-22-21-41-29(48)19-20-42-37(52)34(51)39(2,3)24-61-67(58,59)64-66(56,57)60-23-28-33(63-65(53,54)55)32(50)38(62-28)46-26-45-31-35(40)43-25-44-36(31)46/h8,10,25-28,32-34,38,47,50-51H,4-7,9,11-24H2,1-3H3,(H,41,48)(H,42,52)(H,56,57)(H,58,59)(H2,40,43,44)(H2,53,54,55)/b10-8+. The summed E-state index contributed by atoms with van der Waals surface area (Å²) in [6.45, 7) is 2.68. The number of hydrogen-bond acceptors (Lipinski definition) is 19. The molecule has 1 aliphatic heterocycles. The Morgan fingerprint density at radius 1 is 0.912 bits per heavy atom. The first-order valence-corrected chi connectivity index (χ1v) is 27.8. The number of aromatic nitrogens is 4. The van der Waals surface area contributed by atoms with Crippen molar-refractivity contribution in [1.82, 2.24) is 30.2 Å². The van der Waals surface area contributed by atoms with E-state index >= 15 is 0 Å². The molecule has 1 fully saturated rings. The summed E-state index contributed by atoms with van der Waals surface area (Å²) in [5.41, 5.74) is 4.27. The number of anilines is 1. The zero-order valence-electron chi connectivity index (χ0n) is 38.4. The van der Waals surface area contributed by atoms with Gasteiger partial charge in [0.15, 0.2) is 22.8 Å². The molecule has 29 heteroatoms. The summed E-state index contributed by atoms with van der Waals surface area (Å²) in [6, 6.07) is 0. The van der Waals surface area contributed by atoms with Crippen LogP contribution in [0, 0.1) is 5.41 Å². The lowest BCUT2D eigenvalue weighted by Gasteiger charge is -2.30. The number of imidazole rings is 1. The van der Waals surface area contributed by atoms with Gasteiger partial charge in [-0.3, -0.25) is 32.5 Å². The number of nitrogens with one attached hydrogen (secondary N) is 2. The van der Waals surface area contributed by atoms with E-state index in [9.17, 15) is 63.0 Å². The average molecular weight is 1050 g/mol. The van der Waals surface area contributed by atoms with Gasteiger partial charge in [-0.05, 0) is 38.5 Å². The number of rotatable bonds is 34. The van der Waals surface area contributed by atoms with Crippen molar-refractivity contribution in [3.63, 3.8) is 0 Å². The van der Waals surface area contributed by atoms with Crippen LogP contribution in [0.5, 0.6) is 0 Å². The summed E-state index contributed by atoms with van der Waals surface area (Å²) in [5.74, 6) is -1.09. The minimum absolute atomic E-state index is 0.0225. The van der Waals surface area contributed by atoms with E-state index in [-0.39, 0.29) is 47.7 Å². The van der Waals surface area contributed by atoms with Crippen LogP contribution in [0.15, 0.2) is 24.8 Å². The molecule has 0 saturated carbocycles. The average Bonchev–Trinajstić information content (AvgIpc) is 3.82. The zero-order valence-corrected chi connectivity index (χ0v) is 41.9. The highest BCUT2D eigenvalue weighted by molar-refractivity contribution is 8.13. The number of phosphoric ester groups is 3. The normalized spacial score (nSPS) is 20.6. The van der Waals surface area contributed by atoms with E-state index in [1.165, 1.54) is 33.1 Å². The summed E-state index contributed by atoms with van der Waals surface area (Å²) >= 11 is 1.12. The fourth-order valence-electron chi connectivity index (χ4n) is 6.73. The fraction of sp³-hybridized carbons (Fsp3) is 0.744. The highest BCUT2D eigenvalue weighted by Crippen LogP contribution is 2.61. The zero-order chi connectivity index (χ0) is 50.5. The summed E-state index contributed by atoms with van der Waals surface area (Å²) in [4.78, 5) is 88.4. The summed E-state index contributed by atoms with van der Waals surface area (Å²) in [7, 11) is -16.4. The molecule has 3 rings (SSSR count). The van der Waals surface area contributed by atoms with Gasteiger partial charge in [0.05, 0.1) is 25.6 Å². The molecule has 25 nitrogen and oxygen atoms in total. The fourth-order valence-corrected chi connectivity index (χ4v) is 10.3. The molecule has 1 saturated heterocycles. The van der Waals surface area contributed by atoms with Crippen molar-refractivity contribution in [2.24, 2.45) is 5.41 Å². The van der Waals surface area contributed by atoms with Gasteiger partial charge in [-0.15, -0.1) is 0 Å². The number of nitrogens with two attached hydrogens (primary N) is 1. The predicted molar refractivity (Wildman–Crippen MR) is 248 cm³/mol. The first-order valence-electron chi connectivity index (χ1n) is 22.3.